The van der Waals surface area contributed by atoms with Gasteiger partial charge in [-0.3, -0.25) is 4.79 Å². The van der Waals surface area contributed by atoms with E-state index in [1.54, 1.807) is 12.1 Å². The van der Waals surface area contributed by atoms with Crippen LogP contribution in [0.2, 0.25) is 0 Å². The van der Waals surface area contributed by atoms with E-state index in [2.05, 4.69) is 10.2 Å². The molecule has 1 heterocycles. The van der Waals surface area contributed by atoms with Crippen molar-refractivity contribution in [3.8, 4) is 17.1 Å². The van der Waals surface area contributed by atoms with Crippen LogP contribution in [0.25, 0.3) is 11.3 Å². The van der Waals surface area contributed by atoms with E-state index in [0.29, 0.717) is 0 Å². The molecule has 0 saturated heterocycles. The number of carbonyl (C=O) groups excluding carboxylic acids is 1. The smallest absolute Gasteiger partial charge is 0.324 e. The van der Waals surface area contributed by atoms with Crippen LogP contribution < -0.4 is 4.74 Å². The van der Waals surface area contributed by atoms with Crippen LogP contribution in [-0.2, 0) is 4.79 Å². The summed E-state index contributed by atoms with van der Waals surface area (Å²) in [5, 5.41) is 8.25. The molecule has 0 N–H and O–H groups in total. The number of benzene rings is 3. The molecule has 4 rings (SSSR count). The zero-order chi connectivity index (χ0) is 19.2. The average Bonchev–Trinajstić information content (AvgIpc) is 2.77. The van der Waals surface area contributed by atoms with Gasteiger partial charge in [0.15, 0.2) is 0 Å². The Morgan fingerprint density at radius 3 is 1.68 bits per heavy atom. The summed E-state index contributed by atoms with van der Waals surface area (Å²) in [6.07, 6.45) is 0. The van der Waals surface area contributed by atoms with Crippen LogP contribution in [0, 0.1) is 0 Å². The topological polar surface area (TPSA) is 52.1 Å². The molecule has 0 amide bonds. The molecular formula is C24H18N2O2. The summed E-state index contributed by atoms with van der Waals surface area (Å²) in [6, 6.07) is 32.4. The predicted octanol–water partition coefficient (Wildman–Crippen LogP) is 4.88. The number of nitrogens with zero attached hydrogens (tertiary/aromatic N) is 2. The minimum Gasteiger partial charge on any atom is -0.405 e. The van der Waals surface area contributed by atoms with Crippen molar-refractivity contribution in [2.24, 2.45) is 0 Å². The van der Waals surface area contributed by atoms with Gasteiger partial charge in [-0.2, -0.15) is 0 Å². The zero-order valence-electron chi connectivity index (χ0n) is 15.1. The first kappa shape index (κ1) is 17.6. The van der Waals surface area contributed by atoms with Crippen molar-refractivity contribution in [2.75, 3.05) is 0 Å². The van der Waals surface area contributed by atoms with Gasteiger partial charge in [-0.05, 0) is 17.2 Å². The number of hydrogen-bond acceptors (Lipinski definition) is 4. The monoisotopic (exact) mass is 366 g/mol. The molecule has 1 aromatic heterocycles. The first-order chi connectivity index (χ1) is 13.8. The molecule has 136 valence electrons. The summed E-state index contributed by atoms with van der Waals surface area (Å²) in [5.41, 5.74) is 3.42. The number of hydrogen-bond donors (Lipinski definition) is 0. The largest absolute Gasteiger partial charge is 0.405 e. The molecule has 4 heteroatoms. The van der Waals surface area contributed by atoms with E-state index in [0.717, 1.165) is 22.4 Å². The predicted molar refractivity (Wildman–Crippen MR) is 108 cm³/mol. The van der Waals surface area contributed by atoms with E-state index >= 15 is 0 Å². The van der Waals surface area contributed by atoms with Crippen LogP contribution >= 0.6 is 0 Å². The Balaban J connectivity index is 1.58. The standard InChI is InChI=1S/C24H18N2O2/c27-24(23(19-12-6-2-7-13-19)20-14-8-3-9-15-20)28-22-17-16-21(25-26-22)18-10-4-1-5-11-18/h1-17,23H. The van der Waals surface area contributed by atoms with Gasteiger partial charge >= 0.3 is 5.97 Å². The van der Waals surface area contributed by atoms with Gasteiger partial charge in [0, 0.05) is 11.6 Å². The molecule has 0 aliphatic heterocycles. The van der Waals surface area contributed by atoms with Gasteiger partial charge in [-0.1, -0.05) is 91.0 Å². The van der Waals surface area contributed by atoms with Gasteiger partial charge in [-0.15, -0.1) is 10.2 Å². The lowest BCUT2D eigenvalue weighted by molar-refractivity contribution is -0.135. The van der Waals surface area contributed by atoms with E-state index < -0.39 is 5.92 Å². The SMILES string of the molecule is O=C(Oc1ccc(-c2ccccc2)nn1)C(c1ccccc1)c1ccccc1. The zero-order valence-corrected chi connectivity index (χ0v) is 15.1. The van der Waals surface area contributed by atoms with Crippen LogP contribution in [0.15, 0.2) is 103 Å². The van der Waals surface area contributed by atoms with Crippen molar-refractivity contribution in [3.05, 3.63) is 114 Å². The highest BCUT2D eigenvalue weighted by molar-refractivity contribution is 5.83. The van der Waals surface area contributed by atoms with Gasteiger partial charge in [-0.25, -0.2) is 0 Å². The molecule has 0 radical (unpaired) electrons. The van der Waals surface area contributed by atoms with Crippen LogP contribution in [0.1, 0.15) is 17.0 Å². The number of ether oxygens (including phenoxy) is 1. The number of esters is 1. The molecule has 4 aromatic rings. The van der Waals surface area contributed by atoms with Gasteiger partial charge in [0.2, 0.25) is 5.88 Å². The second-order valence-corrected chi connectivity index (χ2v) is 6.30. The van der Waals surface area contributed by atoms with Crippen molar-refractivity contribution >= 4 is 5.97 Å². The summed E-state index contributed by atoms with van der Waals surface area (Å²) in [4.78, 5) is 13.0. The average molecular weight is 366 g/mol. The maximum absolute atomic E-state index is 13.0. The minimum atomic E-state index is -0.530. The molecule has 0 bridgehead atoms. The lowest BCUT2D eigenvalue weighted by Crippen LogP contribution is -2.20. The maximum atomic E-state index is 13.0. The second-order valence-electron chi connectivity index (χ2n) is 6.30. The molecule has 0 saturated carbocycles. The highest BCUT2D eigenvalue weighted by Crippen LogP contribution is 2.27. The van der Waals surface area contributed by atoms with E-state index in [4.69, 9.17) is 4.74 Å². The fourth-order valence-electron chi connectivity index (χ4n) is 3.05. The number of carbonyl (C=O) groups is 1. The first-order valence-electron chi connectivity index (χ1n) is 9.02. The highest BCUT2D eigenvalue weighted by atomic mass is 16.5. The maximum Gasteiger partial charge on any atom is 0.324 e. The van der Waals surface area contributed by atoms with Crippen LogP contribution in [0.4, 0.5) is 0 Å². The quantitative estimate of drug-likeness (QED) is 0.472. The normalized spacial score (nSPS) is 10.6. The minimum absolute atomic E-state index is 0.182. The van der Waals surface area contributed by atoms with E-state index in [1.807, 2.05) is 91.0 Å². The lowest BCUT2D eigenvalue weighted by Gasteiger charge is -2.16. The molecule has 0 spiro atoms. The lowest BCUT2D eigenvalue weighted by atomic mass is 9.91. The highest BCUT2D eigenvalue weighted by Gasteiger charge is 2.25. The van der Waals surface area contributed by atoms with E-state index in [9.17, 15) is 4.79 Å². The van der Waals surface area contributed by atoms with Crippen molar-refractivity contribution in [3.63, 3.8) is 0 Å². The third-order valence-electron chi connectivity index (χ3n) is 4.42. The molecule has 0 aliphatic carbocycles. The van der Waals surface area contributed by atoms with Crippen molar-refractivity contribution < 1.29 is 9.53 Å². The van der Waals surface area contributed by atoms with E-state index in [-0.39, 0.29) is 11.8 Å². The van der Waals surface area contributed by atoms with Gasteiger partial charge < -0.3 is 4.74 Å². The van der Waals surface area contributed by atoms with Crippen molar-refractivity contribution in [1.82, 2.24) is 10.2 Å². The van der Waals surface area contributed by atoms with E-state index in [1.165, 1.54) is 0 Å². The third kappa shape index (κ3) is 3.96. The summed E-state index contributed by atoms with van der Waals surface area (Å²) in [7, 11) is 0. The molecule has 0 atom stereocenters. The molecular weight excluding hydrogens is 348 g/mol. The number of rotatable bonds is 5. The van der Waals surface area contributed by atoms with Crippen LogP contribution in [0.5, 0.6) is 5.88 Å². The fraction of sp³-hybridized carbons (Fsp3) is 0.0417. The molecule has 0 fully saturated rings. The first-order valence-corrected chi connectivity index (χ1v) is 9.02. The molecule has 0 aliphatic rings. The number of aromatic nitrogens is 2. The molecule has 4 nitrogen and oxygen atoms in total. The Bertz CT molecular complexity index is 995. The Hall–Kier alpha value is -3.79. The Kier molecular flexibility index (Phi) is 5.20. The second kappa shape index (κ2) is 8.27. The van der Waals surface area contributed by atoms with Gasteiger partial charge in [0.05, 0.1) is 5.69 Å². The van der Waals surface area contributed by atoms with Gasteiger partial charge in [0.1, 0.15) is 5.92 Å². The summed E-state index contributed by atoms with van der Waals surface area (Å²) in [5.74, 6) is -0.737. The molecule has 0 unspecified atom stereocenters. The Labute approximate surface area is 163 Å². The fourth-order valence-corrected chi connectivity index (χ4v) is 3.05. The Morgan fingerprint density at radius 1 is 0.643 bits per heavy atom. The molecule has 3 aromatic carbocycles. The summed E-state index contributed by atoms with van der Waals surface area (Å²) in [6.45, 7) is 0. The van der Waals surface area contributed by atoms with Crippen molar-refractivity contribution in [1.29, 1.82) is 0 Å². The van der Waals surface area contributed by atoms with Gasteiger partial charge in [0.25, 0.3) is 0 Å². The van der Waals surface area contributed by atoms with Crippen LogP contribution in [-0.4, -0.2) is 16.2 Å². The summed E-state index contributed by atoms with van der Waals surface area (Å²) >= 11 is 0. The van der Waals surface area contributed by atoms with Crippen LogP contribution in [0.3, 0.4) is 0 Å². The molecule has 28 heavy (non-hydrogen) atoms. The third-order valence-corrected chi connectivity index (χ3v) is 4.42. The van der Waals surface area contributed by atoms with Crippen molar-refractivity contribution in [2.45, 2.75) is 5.92 Å². The Morgan fingerprint density at radius 2 is 1.18 bits per heavy atom. The summed E-state index contributed by atoms with van der Waals surface area (Å²) < 4.78 is 5.56.